The van der Waals surface area contributed by atoms with E-state index in [9.17, 15) is 8.42 Å². The van der Waals surface area contributed by atoms with Crippen molar-refractivity contribution >= 4 is 15.7 Å². The summed E-state index contributed by atoms with van der Waals surface area (Å²) in [6, 6.07) is 4.89. The molecule has 1 rings (SSSR count). The van der Waals surface area contributed by atoms with Gasteiger partial charge in [-0.05, 0) is 38.5 Å². The van der Waals surface area contributed by atoms with Crippen LogP contribution in [0.3, 0.4) is 0 Å². The van der Waals surface area contributed by atoms with Gasteiger partial charge < -0.3 is 10.5 Å². The molecule has 0 heterocycles. The normalized spacial score (nSPS) is 12.3. The van der Waals surface area contributed by atoms with Gasteiger partial charge in [0, 0.05) is 19.3 Å². The molecule has 1 aromatic rings. The molecule has 0 saturated heterocycles. The Morgan fingerprint density at radius 1 is 1.37 bits per heavy atom. The van der Waals surface area contributed by atoms with E-state index in [0.717, 1.165) is 0 Å². The summed E-state index contributed by atoms with van der Waals surface area (Å²) >= 11 is 0. The summed E-state index contributed by atoms with van der Waals surface area (Å²) in [6.07, 6.45) is 0.0882. The SMILES string of the molecule is Cc1ccc(N)cc1S(=O)(=O)N(C)CCOC(C)C. The predicted octanol–water partition coefficient (Wildman–Crippen LogP) is 1.62. The summed E-state index contributed by atoms with van der Waals surface area (Å²) in [5.74, 6) is 0. The van der Waals surface area contributed by atoms with Crippen LogP contribution in [0.2, 0.25) is 0 Å². The zero-order valence-corrected chi connectivity index (χ0v) is 12.7. The minimum Gasteiger partial charge on any atom is -0.399 e. The summed E-state index contributed by atoms with van der Waals surface area (Å²) < 4.78 is 31.4. The first-order valence-electron chi connectivity index (χ1n) is 6.19. The van der Waals surface area contributed by atoms with E-state index in [2.05, 4.69) is 0 Å². The van der Waals surface area contributed by atoms with Crippen LogP contribution in [0, 0.1) is 6.92 Å². The van der Waals surface area contributed by atoms with E-state index in [1.807, 2.05) is 13.8 Å². The fourth-order valence-electron chi connectivity index (χ4n) is 1.60. The van der Waals surface area contributed by atoms with Crippen molar-refractivity contribution in [2.45, 2.75) is 31.8 Å². The van der Waals surface area contributed by atoms with Crippen molar-refractivity contribution in [3.63, 3.8) is 0 Å². The van der Waals surface area contributed by atoms with Crippen molar-refractivity contribution in [3.05, 3.63) is 23.8 Å². The molecule has 0 spiro atoms. The molecule has 2 N–H and O–H groups in total. The van der Waals surface area contributed by atoms with Gasteiger partial charge in [-0.2, -0.15) is 4.31 Å². The number of sulfonamides is 1. The van der Waals surface area contributed by atoms with Gasteiger partial charge >= 0.3 is 0 Å². The molecule has 0 aromatic heterocycles. The molecule has 0 atom stereocenters. The minimum atomic E-state index is -3.52. The number of hydrogen-bond donors (Lipinski definition) is 1. The van der Waals surface area contributed by atoms with Gasteiger partial charge in [-0.15, -0.1) is 0 Å². The Morgan fingerprint density at radius 2 is 2.00 bits per heavy atom. The molecule has 0 aliphatic carbocycles. The van der Waals surface area contributed by atoms with Crippen molar-refractivity contribution < 1.29 is 13.2 Å². The van der Waals surface area contributed by atoms with Crippen molar-refractivity contribution in [3.8, 4) is 0 Å². The molecule has 5 nitrogen and oxygen atoms in total. The smallest absolute Gasteiger partial charge is 0.243 e. The number of ether oxygens (including phenoxy) is 1. The lowest BCUT2D eigenvalue weighted by Gasteiger charge is -2.19. The summed E-state index contributed by atoms with van der Waals surface area (Å²) in [5, 5.41) is 0. The van der Waals surface area contributed by atoms with E-state index in [-0.39, 0.29) is 11.0 Å². The molecule has 0 radical (unpaired) electrons. The fraction of sp³-hybridized carbons (Fsp3) is 0.538. The molecule has 0 bridgehead atoms. The second kappa shape index (κ2) is 6.36. The van der Waals surface area contributed by atoms with Crippen molar-refractivity contribution in [1.29, 1.82) is 0 Å². The van der Waals surface area contributed by atoms with Crippen molar-refractivity contribution in [2.24, 2.45) is 0 Å². The van der Waals surface area contributed by atoms with Crippen LogP contribution < -0.4 is 5.73 Å². The average Bonchev–Trinajstić information content (AvgIpc) is 2.31. The molecule has 19 heavy (non-hydrogen) atoms. The van der Waals surface area contributed by atoms with Gasteiger partial charge in [0.05, 0.1) is 17.6 Å². The number of nitrogen functional groups attached to an aromatic ring is 1. The van der Waals surface area contributed by atoms with Gasteiger partial charge in [-0.25, -0.2) is 8.42 Å². The number of likely N-dealkylation sites (N-methyl/N-ethyl adjacent to an activating group) is 1. The minimum absolute atomic E-state index is 0.0882. The van der Waals surface area contributed by atoms with Crippen molar-refractivity contribution in [1.82, 2.24) is 4.31 Å². The summed E-state index contributed by atoms with van der Waals surface area (Å²) in [7, 11) is -1.97. The monoisotopic (exact) mass is 286 g/mol. The highest BCUT2D eigenvalue weighted by atomic mass is 32.2. The zero-order valence-electron chi connectivity index (χ0n) is 11.9. The number of anilines is 1. The van der Waals surface area contributed by atoms with Crippen LogP contribution in [0.4, 0.5) is 5.69 Å². The van der Waals surface area contributed by atoms with Crippen LogP contribution in [0.5, 0.6) is 0 Å². The average molecular weight is 286 g/mol. The van der Waals surface area contributed by atoms with Crippen LogP contribution in [0.25, 0.3) is 0 Å². The van der Waals surface area contributed by atoms with Crippen LogP contribution in [0.1, 0.15) is 19.4 Å². The lowest BCUT2D eigenvalue weighted by atomic mass is 10.2. The topological polar surface area (TPSA) is 72.6 Å². The maximum absolute atomic E-state index is 12.4. The molecular weight excluding hydrogens is 264 g/mol. The Bertz CT molecular complexity index is 527. The largest absolute Gasteiger partial charge is 0.399 e. The summed E-state index contributed by atoms with van der Waals surface area (Å²) in [6.45, 7) is 6.27. The number of benzene rings is 1. The maximum atomic E-state index is 12.4. The first-order chi connectivity index (χ1) is 8.75. The molecule has 0 aliphatic rings. The first-order valence-corrected chi connectivity index (χ1v) is 7.63. The van der Waals surface area contributed by atoms with E-state index in [1.54, 1.807) is 26.1 Å². The lowest BCUT2D eigenvalue weighted by molar-refractivity contribution is 0.0737. The first kappa shape index (κ1) is 15.9. The number of hydrogen-bond acceptors (Lipinski definition) is 4. The summed E-state index contributed by atoms with van der Waals surface area (Å²) in [4.78, 5) is 0.250. The maximum Gasteiger partial charge on any atom is 0.243 e. The van der Waals surface area contributed by atoms with Crippen molar-refractivity contribution in [2.75, 3.05) is 25.9 Å². The molecule has 1 aromatic carbocycles. The summed E-state index contributed by atoms with van der Waals surface area (Å²) in [5.41, 5.74) is 6.78. The Labute approximate surface area is 115 Å². The van der Waals surface area contributed by atoms with E-state index in [0.29, 0.717) is 24.4 Å². The highest BCUT2D eigenvalue weighted by molar-refractivity contribution is 7.89. The molecule has 0 fully saturated rings. The van der Waals surface area contributed by atoms with E-state index in [4.69, 9.17) is 10.5 Å². The fourth-order valence-corrected chi connectivity index (χ4v) is 3.01. The Hall–Kier alpha value is -1.11. The molecule has 0 unspecified atom stereocenters. The second-order valence-corrected chi connectivity index (χ2v) is 6.78. The number of rotatable bonds is 6. The highest BCUT2D eigenvalue weighted by Gasteiger charge is 2.22. The third-order valence-electron chi connectivity index (χ3n) is 2.76. The molecule has 0 saturated carbocycles. The Kier molecular flexibility index (Phi) is 5.34. The number of nitrogens with zero attached hydrogens (tertiary/aromatic N) is 1. The Morgan fingerprint density at radius 3 is 2.58 bits per heavy atom. The van der Waals surface area contributed by atoms with Crippen LogP contribution in [-0.4, -0.2) is 39.0 Å². The quantitative estimate of drug-likeness (QED) is 0.807. The van der Waals surface area contributed by atoms with Gasteiger partial charge in [0.1, 0.15) is 0 Å². The third-order valence-corrected chi connectivity index (χ3v) is 4.76. The van der Waals surface area contributed by atoms with Crippen LogP contribution in [-0.2, 0) is 14.8 Å². The number of aryl methyl sites for hydroxylation is 1. The third kappa shape index (κ3) is 4.19. The predicted molar refractivity (Wildman–Crippen MR) is 76.5 cm³/mol. The van der Waals surface area contributed by atoms with E-state index in [1.165, 1.54) is 10.4 Å². The zero-order chi connectivity index (χ0) is 14.6. The lowest BCUT2D eigenvalue weighted by Crippen LogP contribution is -2.31. The standard InChI is InChI=1S/C13H22N2O3S/c1-10(2)18-8-7-15(4)19(16,17)13-9-12(14)6-5-11(13)3/h5-6,9-10H,7-8,14H2,1-4H3. The molecule has 108 valence electrons. The number of nitrogens with two attached hydrogens (primary N) is 1. The molecule has 6 heteroatoms. The molecular formula is C13H22N2O3S. The van der Waals surface area contributed by atoms with Crippen LogP contribution in [0.15, 0.2) is 23.1 Å². The van der Waals surface area contributed by atoms with Gasteiger partial charge in [0.15, 0.2) is 0 Å². The highest BCUT2D eigenvalue weighted by Crippen LogP contribution is 2.21. The van der Waals surface area contributed by atoms with Crippen LogP contribution >= 0.6 is 0 Å². The van der Waals surface area contributed by atoms with Gasteiger partial charge in [-0.3, -0.25) is 0 Å². The van der Waals surface area contributed by atoms with Gasteiger partial charge in [0.2, 0.25) is 10.0 Å². The second-order valence-electron chi connectivity index (χ2n) is 4.77. The molecule has 0 amide bonds. The molecule has 0 aliphatic heterocycles. The van der Waals surface area contributed by atoms with E-state index < -0.39 is 10.0 Å². The van der Waals surface area contributed by atoms with Gasteiger partial charge in [-0.1, -0.05) is 6.07 Å². The van der Waals surface area contributed by atoms with E-state index >= 15 is 0 Å². The Balaban J connectivity index is 2.88. The van der Waals surface area contributed by atoms with Gasteiger partial charge in [0.25, 0.3) is 0 Å².